The first-order chi connectivity index (χ1) is 8.81. The summed E-state index contributed by atoms with van der Waals surface area (Å²) in [6.45, 7) is 7.54. The maximum Gasteiger partial charge on any atom is 0.195 e. The predicted molar refractivity (Wildman–Crippen MR) is 75.4 cm³/mol. The molecule has 2 heterocycles. The number of aliphatic hydroxyl groups is 1. The molecule has 0 saturated heterocycles. The summed E-state index contributed by atoms with van der Waals surface area (Å²) in [6.07, 6.45) is 2.05. The van der Waals surface area contributed by atoms with Crippen LogP contribution >= 0.6 is 11.3 Å². The summed E-state index contributed by atoms with van der Waals surface area (Å²) >= 11 is 1.64. The van der Waals surface area contributed by atoms with Gasteiger partial charge < -0.3 is 15.3 Å². The van der Waals surface area contributed by atoms with E-state index in [4.69, 9.17) is 5.11 Å². The first-order valence-corrected chi connectivity index (χ1v) is 7.20. The molecule has 0 radical (unpaired) electrons. The summed E-state index contributed by atoms with van der Waals surface area (Å²) in [5.74, 6) is 0.986. The third-order valence-corrected chi connectivity index (χ3v) is 3.69. The lowest BCUT2D eigenvalue weighted by Crippen LogP contribution is -2.28. The molecule has 0 fully saturated rings. The van der Waals surface area contributed by atoms with Gasteiger partial charge in [-0.15, -0.1) is 11.3 Å². The van der Waals surface area contributed by atoms with Crippen LogP contribution in [0, 0.1) is 0 Å². The van der Waals surface area contributed by atoms with Crippen molar-refractivity contribution >= 4 is 22.1 Å². The second kappa shape index (κ2) is 6.17. The van der Waals surface area contributed by atoms with Crippen LogP contribution in [0.2, 0.25) is 0 Å². The van der Waals surface area contributed by atoms with Crippen LogP contribution in [-0.4, -0.2) is 40.7 Å². The van der Waals surface area contributed by atoms with Crippen molar-refractivity contribution < 1.29 is 5.11 Å². The molecule has 2 N–H and O–H groups in total. The number of thiazole rings is 1. The van der Waals surface area contributed by atoms with Gasteiger partial charge >= 0.3 is 0 Å². The summed E-state index contributed by atoms with van der Waals surface area (Å²) in [4.78, 5) is 7.80. The molecule has 6 heteroatoms. The Hall–Kier alpha value is -1.11. The van der Waals surface area contributed by atoms with Gasteiger partial charge in [0.2, 0.25) is 0 Å². The number of rotatable bonds is 7. The molecule has 0 amide bonds. The monoisotopic (exact) mass is 268 g/mol. The average Bonchev–Trinajstić information content (AvgIpc) is 2.94. The summed E-state index contributed by atoms with van der Waals surface area (Å²) in [6, 6.07) is 0. The highest BCUT2D eigenvalue weighted by Crippen LogP contribution is 2.24. The maximum absolute atomic E-state index is 9.13. The number of anilines is 1. The molecule has 0 aromatic carbocycles. The number of fused-ring (bicyclic) bond motifs is 1. The highest BCUT2D eigenvalue weighted by molar-refractivity contribution is 7.15. The standard InChI is InChI=1S/C12H20N4OS/c1-3-13-9-10-11(15(4-2)5-7-17)14-12-16(10)6-8-18-12/h6,8,13,17H,3-5,7,9H2,1-2H3. The van der Waals surface area contributed by atoms with Crippen LogP contribution in [0.5, 0.6) is 0 Å². The van der Waals surface area contributed by atoms with Crippen molar-refractivity contribution in [3.8, 4) is 0 Å². The Balaban J connectivity index is 2.37. The molecular formula is C12H20N4OS. The van der Waals surface area contributed by atoms with Gasteiger partial charge in [0.1, 0.15) is 0 Å². The quantitative estimate of drug-likeness (QED) is 0.795. The lowest BCUT2D eigenvalue weighted by atomic mass is 10.3. The Kier molecular flexibility index (Phi) is 4.57. The van der Waals surface area contributed by atoms with E-state index in [9.17, 15) is 0 Å². The van der Waals surface area contributed by atoms with E-state index in [2.05, 4.69) is 39.6 Å². The highest BCUT2D eigenvalue weighted by Gasteiger charge is 2.17. The SMILES string of the molecule is CCNCc1c(N(CC)CCO)nc2sccn12. The van der Waals surface area contributed by atoms with Crippen molar-refractivity contribution in [1.29, 1.82) is 0 Å². The number of nitrogens with one attached hydrogen (secondary N) is 1. The van der Waals surface area contributed by atoms with Crippen molar-refractivity contribution in [2.45, 2.75) is 20.4 Å². The second-order valence-electron chi connectivity index (χ2n) is 4.02. The van der Waals surface area contributed by atoms with E-state index in [0.717, 1.165) is 30.4 Å². The number of imidazole rings is 1. The lowest BCUT2D eigenvalue weighted by Gasteiger charge is -2.20. The van der Waals surface area contributed by atoms with Crippen LogP contribution in [0.1, 0.15) is 19.5 Å². The van der Waals surface area contributed by atoms with Crippen LogP contribution in [0.4, 0.5) is 5.82 Å². The summed E-state index contributed by atoms with van der Waals surface area (Å²) in [5, 5.41) is 14.5. The minimum Gasteiger partial charge on any atom is -0.395 e. The second-order valence-corrected chi connectivity index (χ2v) is 4.89. The first kappa shape index (κ1) is 13.3. The first-order valence-electron chi connectivity index (χ1n) is 6.32. The Morgan fingerprint density at radius 2 is 2.33 bits per heavy atom. The number of hydrogen-bond donors (Lipinski definition) is 2. The summed E-state index contributed by atoms with van der Waals surface area (Å²) in [5.41, 5.74) is 1.17. The number of hydrogen-bond acceptors (Lipinski definition) is 5. The summed E-state index contributed by atoms with van der Waals surface area (Å²) < 4.78 is 2.13. The van der Waals surface area contributed by atoms with E-state index in [0.29, 0.717) is 6.54 Å². The van der Waals surface area contributed by atoms with Crippen LogP contribution in [0.3, 0.4) is 0 Å². The molecule has 0 spiro atoms. The minimum absolute atomic E-state index is 0.152. The van der Waals surface area contributed by atoms with Gasteiger partial charge in [-0.25, -0.2) is 4.98 Å². The number of likely N-dealkylation sites (N-methyl/N-ethyl adjacent to an activating group) is 1. The largest absolute Gasteiger partial charge is 0.395 e. The Morgan fingerprint density at radius 1 is 1.50 bits per heavy atom. The molecule has 0 unspecified atom stereocenters. The van der Waals surface area contributed by atoms with Crippen LogP contribution in [0.25, 0.3) is 4.96 Å². The molecule has 2 rings (SSSR count). The van der Waals surface area contributed by atoms with E-state index in [1.165, 1.54) is 5.69 Å². The molecule has 2 aromatic heterocycles. The van der Waals surface area contributed by atoms with Crippen molar-refractivity contribution in [1.82, 2.24) is 14.7 Å². The zero-order valence-corrected chi connectivity index (χ0v) is 11.7. The van der Waals surface area contributed by atoms with E-state index in [1.807, 2.05) is 5.38 Å². The summed E-state index contributed by atoms with van der Waals surface area (Å²) in [7, 11) is 0. The van der Waals surface area contributed by atoms with Gasteiger partial charge in [0.25, 0.3) is 0 Å². The molecule has 5 nitrogen and oxygen atoms in total. The number of nitrogens with zero attached hydrogens (tertiary/aromatic N) is 3. The van der Waals surface area contributed by atoms with Gasteiger partial charge in [0.15, 0.2) is 10.8 Å². The predicted octanol–water partition coefficient (Wildman–Crippen LogP) is 1.32. The van der Waals surface area contributed by atoms with Gasteiger partial charge in [-0.1, -0.05) is 6.92 Å². The smallest absolute Gasteiger partial charge is 0.195 e. The molecule has 2 aromatic rings. The van der Waals surface area contributed by atoms with Gasteiger partial charge in [0, 0.05) is 31.2 Å². The Morgan fingerprint density at radius 3 is 3.00 bits per heavy atom. The number of aliphatic hydroxyl groups excluding tert-OH is 1. The van der Waals surface area contributed by atoms with Gasteiger partial charge in [0.05, 0.1) is 12.3 Å². The Bertz CT molecular complexity index is 493. The van der Waals surface area contributed by atoms with Crippen LogP contribution in [-0.2, 0) is 6.54 Å². The maximum atomic E-state index is 9.13. The van der Waals surface area contributed by atoms with Crippen molar-refractivity contribution in [2.75, 3.05) is 31.1 Å². The molecular weight excluding hydrogens is 248 g/mol. The van der Waals surface area contributed by atoms with Gasteiger partial charge in [-0.05, 0) is 13.5 Å². The van der Waals surface area contributed by atoms with Crippen LogP contribution in [0.15, 0.2) is 11.6 Å². The average molecular weight is 268 g/mol. The van der Waals surface area contributed by atoms with E-state index in [-0.39, 0.29) is 6.61 Å². The number of aromatic nitrogens is 2. The van der Waals surface area contributed by atoms with Gasteiger partial charge in [-0.2, -0.15) is 0 Å². The highest BCUT2D eigenvalue weighted by atomic mass is 32.1. The molecule has 0 aliphatic heterocycles. The molecule has 0 aliphatic carbocycles. The van der Waals surface area contributed by atoms with E-state index in [1.54, 1.807) is 11.3 Å². The van der Waals surface area contributed by atoms with Crippen molar-refractivity contribution in [3.63, 3.8) is 0 Å². The zero-order valence-electron chi connectivity index (χ0n) is 10.9. The van der Waals surface area contributed by atoms with Crippen LogP contribution < -0.4 is 10.2 Å². The molecule has 0 saturated carbocycles. The molecule has 18 heavy (non-hydrogen) atoms. The fraction of sp³-hybridized carbons (Fsp3) is 0.583. The van der Waals surface area contributed by atoms with Gasteiger partial charge in [-0.3, -0.25) is 4.40 Å². The van der Waals surface area contributed by atoms with E-state index < -0.39 is 0 Å². The molecule has 0 atom stereocenters. The third-order valence-electron chi connectivity index (χ3n) is 2.93. The van der Waals surface area contributed by atoms with Crippen molar-refractivity contribution in [2.24, 2.45) is 0 Å². The lowest BCUT2D eigenvalue weighted by molar-refractivity contribution is 0.302. The molecule has 0 aliphatic rings. The molecule has 100 valence electrons. The zero-order chi connectivity index (χ0) is 13.0. The topological polar surface area (TPSA) is 52.8 Å². The van der Waals surface area contributed by atoms with Crippen molar-refractivity contribution in [3.05, 3.63) is 17.3 Å². The minimum atomic E-state index is 0.152. The molecule has 0 bridgehead atoms. The third kappa shape index (κ3) is 2.50. The Labute approximate surface area is 111 Å². The normalized spacial score (nSPS) is 11.3. The van der Waals surface area contributed by atoms with E-state index >= 15 is 0 Å². The fourth-order valence-corrected chi connectivity index (χ4v) is 2.74. The fourth-order valence-electron chi connectivity index (χ4n) is 2.02.